The number of aromatic nitrogens is 3. The van der Waals surface area contributed by atoms with Gasteiger partial charge in [0.25, 0.3) is 0 Å². The van der Waals surface area contributed by atoms with Gasteiger partial charge < -0.3 is 15.4 Å². The van der Waals surface area contributed by atoms with E-state index in [0.717, 1.165) is 0 Å². The zero-order chi connectivity index (χ0) is 19.6. The van der Waals surface area contributed by atoms with Crippen molar-refractivity contribution in [3.63, 3.8) is 0 Å². The van der Waals surface area contributed by atoms with Crippen molar-refractivity contribution in [1.82, 2.24) is 14.6 Å². The fraction of sp³-hybridized carbons (Fsp3) is 0.167. The van der Waals surface area contributed by atoms with E-state index in [1.54, 1.807) is 43.4 Å². The molecule has 9 heteroatoms. The van der Waals surface area contributed by atoms with Gasteiger partial charge in [0.2, 0.25) is 0 Å². The number of anilines is 1. The molecule has 3 aromatic rings. The second-order valence-corrected chi connectivity index (χ2v) is 5.94. The number of Topliss-reactive ketones (excluding diaryl/α,β-unsaturated/α-hetero) is 1. The van der Waals surface area contributed by atoms with Crippen LogP contribution >= 0.6 is 0 Å². The fourth-order valence-corrected chi connectivity index (χ4v) is 2.52. The van der Waals surface area contributed by atoms with Crippen molar-refractivity contribution in [2.45, 2.75) is 13.3 Å². The van der Waals surface area contributed by atoms with Crippen LogP contribution in [-0.4, -0.2) is 39.4 Å². The molecule has 27 heavy (non-hydrogen) atoms. The minimum absolute atomic E-state index is 0.00726. The normalized spacial score (nSPS) is 10.6. The van der Waals surface area contributed by atoms with Crippen LogP contribution in [0.25, 0.3) is 5.65 Å². The minimum atomic E-state index is -0.559. The molecule has 0 amide bonds. The molecule has 0 bridgehead atoms. The second kappa shape index (κ2) is 7.24. The van der Waals surface area contributed by atoms with Crippen LogP contribution in [0.15, 0.2) is 42.7 Å². The Morgan fingerprint density at radius 1 is 1.22 bits per heavy atom. The molecule has 3 rings (SSSR count). The number of carbonyl (C=O) groups excluding carboxylic acids is 2. The van der Waals surface area contributed by atoms with Crippen molar-refractivity contribution in [2.24, 2.45) is 5.73 Å². The van der Waals surface area contributed by atoms with Crippen LogP contribution in [0.3, 0.4) is 0 Å². The van der Waals surface area contributed by atoms with E-state index in [9.17, 15) is 9.59 Å². The molecule has 1 aromatic carbocycles. The summed E-state index contributed by atoms with van der Waals surface area (Å²) in [6, 6.07) is 9.78. The first-order valence-corrected chi connectivity index (χ1v) is 8.08. The van der Waals surface area contributed by atoms with Gasteiger partial charge in [0, 0.05) is 19.2 Å². The summed E-state index contributed by atoms with van der Waals surface area (Å²) in [4.78, 5) is 29.4. The van der Waals surface area contributed by atoms with E-state index < -0.39 is 5.97 Å². The number of ether oxygens (including phenoxy) is 1. The van der Waals surface area contributed by atoms with E-state index in [-0.39, 0.29) is 23.9 Å². The molecule has 0 saturated heterocycles. The minimum Gasteiger partial charge on any atom is -0.419 e. The number of carbonyl (C=O) groups is 2. The van der Waals surface area contributed by atoms with Gasteiger partial charge in [-0.2, -0.15) is 5.10 Å². The summed E-state index contributed by atoms with van der Waals surface area (Å²) in [5.41, 5.74) is 7.46. The summed E-state index contributed by atoms with van der Waals surface area (Å²) in [6.45, 7) is 1.49. The molecule has 3 N–H and O–H groups in total. The lowest BCUT2D eigenvalue weighted by atomic mass is 10.2. The molecule has 0 atom stereocenters. The highest BCUT2D eigenvalue weighted by Gasteiger charge is 2.15. The highest BCUT2D eigenvalue weighted by molar-refractivity contribution is 5.94. The van der Waals surface area contributed by atoms with Crippen LogP contribution in [0.5, 0.6) is 5.75 Å². The molecule has 0 aliphatic rings. The first kappa shape index (κ1) is 18.1. The number of ketones is 1. The number of benzene rings is 1. The lowest BCUT2D eigenvalue weighted by Gasteiger charge is -2.16. The van der Waals surface area contributed by atoms with Crippen molar-refractivity contribution < 1.29 is 14.3 Å². The van der Waals surface area contributed by atoms with Crippen LogP contribution < -0.4 is 15.4 Å². The Kier molecular flexibility index (Phi) is 4.84. The third-order valence-corrected chi connectivity index (χ3v) is 3.95. The highest BCUT2D eigenvalue weighted by atomic mass is 16.5. The molecular weight excluding hydrogens is 348 g/mol. The number of rotatable bonds is 5. The second-order valence-electron chi connectivity index (χ2n) is 5.94. The molecule has 0 aliphatic carbocycles. The molecule has 0 aliphatic heterocycles. The molecule has 0 spiro atoms. The summed E-state index contributed by atoms with van der Waals surface area (Å²) in [7, 11) is 1.65. The van der Waals surface area contributed by atoms with Crippen LogP contribution in [-0.2, 0) is 11.2 Å². The van der Waals surface area contributed by atoms with Gasteiger partial charge >= 0.3 is 5.97 Å². The van der Waals surface area contributed by atoms with Gasteiger partial charge in [-0.15, -0.1) is 0 Å². The molecule has 138 valence electrons. The van der Waals surface area contributed by atoms with Gasteiger partial charge in [-0.05, 0) is 43.3 Å². The first-order chi connectivity index (χ1) is 12.9. The predicted molar refractivity (Wildman–Crippen MR) is 99.1 cm³/mol. The zero-order valence-electron chi connectivity index (χ0n) is 14.8. The molecule has 9 nitrogen and oxygen atoms in total. The molecule has 0 radical (unpaired) electrons. The third-order valence-electron chi connectivity index (χ3n) is 3.95. The number of guanidine groups is 1. The highest BCUT2D eigenvalue weighted by Crippen LogP contribution is 2.21. The van der Waals surface area contributed by atoms with Crippen molar-refractivity contribution >= 4 is 29.0 Å². The number of nitrogens with zero attached hydrogens (tertiary/aromatic N) is 4. The molecule has 0 saturated carbocycles. The average molecular weight is 366 g/mol. The van der Waals surface area contributed by atoms with E-state index in [1.807, 2.05) is 0 Å². The predicted octanol–water partition coefficient (Wildman–Crippen LogP) is 1.41. The average Bonchev–Trinajstić information content (AvgIpc) is 3.13. The van der Waals surface area contributed by atoms with Crippen LogP contribution in [0.2, 0.25) is 0 Å². The van der Waals surface area contributed by atoms with Gasteiger partial charge in [-0.3, -0.25) is 10.2 Å². The number of nitrogens with two attached hydrogens (primary N) is 1. The van der Waals surface area contributed by atoms with Crippen molar-refractivity contribution in [3.05, 3.63) is 54.0 Å². The monoisotopic (exact) mass is 366 g/mol. The summed E-state index contributed by atoms with van der Waals surface area (Å²) in [5.74, 6) is -0.427. The van der Waals surface area contributed by atoms with Crippen molar-refractivity contribution in [3.8, 4) is 5.75 Å². The lowest BCUT2D eigenvalue weighted by molar-refractivity contribution is -0.116. The Labute approximate surface area is 154 Å². The van der Waals surface area contributed by atoms with E-state index in [4.69, 9.17) is 15.9 Å². The van der Waals surface area contributed by atoms with Gasteiger partial charge in [0.05, 0.1) is 11.3 Å². The molecule has 2 aromatic heterocycles. The molecule has 0 unspecified atom stereocenters. The van der Waals surface area contributed by atoms with E-state index in [2.05, 4.69) is 10.1 Å². The summed E-state index contributed by atoms with van der Waals surface area (Å²) in [6.07, 6.45) is 1.54. The summed E-state index contributed by atoms with van der Waals surface area (Å²) < 4.78 is 6.93. The number of pyridine rings is 1. The number of hydrogen-bond acceptors (Lipinski definition) is 6. The van der Waals surface area contributed by atoms with Gasteiger partial charge in [0.1, 0.15) is 12.1 Å². The van der Waals surface area contributed by atoms with Crippen LogP contribution in [0, 0.1) is 5.41 Å². The standard InChI is InChI=1S/C18H18N6O3/c1-11(25)9-14-7-8-15(16-21-10-22-24(14)16)27-17(26)12-3-5-13(6-4-12)23(2)18(19)20/h3-8,10H,9H2,1-2H3,(H3,19,20). The number of fused-ring (bicyclic) bond motifs is 1. The van der Waals surface area contributed by atoms with E-state index in [0.29, 0.717) is 22.6 Å². The number of hydrogen-bond donors (Lipinski definition) is 2. The van der Waals surface area contributed by atoms with Crippen LogP contribution in [0.1, 0.15) is 23.0 Å². The molecular formula is C18H18N6O3. The maximum absolute atomic E-state index is 12.4. The molecule has 0 fully saturated rings. The Morgan fingerprint density at radius 2 is 1.93 bits per heavy atom. The topological polar surface area (TPSA) is 127 Å². The quantitative estimate of drug-likeness (QED) is 0.397. The fourth-order valence-electron chi connectivity index (χ4n) is 2.52. The number of nitrogens with one attached hydrogen (secondary N) is 1. The third kappa shape index (κ3) is 3.76. The Balaban J connectivity index is 1.83. The van der Waals surface area contributed by atoms with Crippen molar-refractivity contribution in [1.29, 1.82) is 5.41 Å². The Morgan fingerprint density at radius 3 is 2.56 bits per heavy atom. The molecule has 2 heterocycles. The summed E-state index contributed by atoms with van der Waals surface area (Å²) >= 11 is 0. The number of esters is 1. The van der Waals surface area contributed by atoms with E-state index >= 15 is 0 Å². The smallest absolute Gasteiger partial charge is 0.343 e. The largest absolute Gasteiger partial charge is 0.419 e. The summed E-state index contributed by atoms with van der Waals surface area (Å²) in [5, 5.41) is 11.5. The van der Waals surface area contributed by atoms with Crippen molar-refractivity contribution in [2.75, 3.05) is 11.9 Å². The Hall–Kier alpha value is -3.75. The zero-order valence-corrected chi connectivity index (χ0v) is 14.8. The SMILES string of the molecule is CC(=O)Cc1ccc(OC(=O)c2ccc(N(C)C(=N)N)cc2)c2ncnn12. The lowest BCUT2D eigenvalue weighted by Crippen LogP contribution is -2.32. The van der Waals surface area contributed by atoms with Gasteiger partial charge in [0.15, 0.2) is 17.4 Å². The van der Waals surface area contributed by atoms with Gasteiger partial charge in [-0.1, -0.05) is 0 Å². The Bertz CT molecular complexity index is 1030. The first-order valence-electron chi connectivity index (χ1n) is 8.08. The van der Waals surface area contributed by atoms with E-state index in [1.165, 1.54) is 22.7 Å². The maximum Gasteiger partial charge on any atom is 0.343 e. The maximum atomic E-state index is 12.4. The van der Waals surface area contributed by atoms with Gasteiger partial charge in [-0.25, -0.2) is 14.3 Å². The van der Waals surface area contributed by atoms with Crippen LogP contribution in [0.4, 0.5) is 5.69 Å².